The Morgan fingerprint density at radius 1 is 1.05 bits per heavy atom. The van der Waals surface area contributed by atoms with Crippen molar-refractivity contribution in [3.05, 3.63) is 21.9 Å². The summed E-state index contributed by atoms with van der Waals surface area (Å²) in [5.74, 6) is 2.94. The summed E-state index contributed by atoms with van der Waals surface area (Å²) in [5, 5.41) is 0. The Bertz CT molecular complexity index is 470. The van der Waals surface area contributed by atoms with Gasteiger partial charge in [0.25, 0.3) is 0 Å². The highest BCUT2D eigenvalue weighted by Crippen LogP contribution is 2.49. The van der Waals surface area contributed by atoms with Crippen molar-refractivity contribution in [3.8, 4) is 0 Å². The smallest absolute Gasteiger partial charge is 0.0517 e. The molecule has 1 aromatic rings. The standard InChI is InChI=1S/C19H29BrS/c1-19(2,3)17-11-10-16(21-17)18(20)15-9-8-13-6-4-5-7-14(13)12-15/h10-11,13-15,18H,4-9,12H2,1-3H3. The van der Waals surface area contributed by atoms with Crippen LogP contribution >= 0.6 is 27.3 Å². The Labute approximate surface area is 142 Å². The summed E-state index contributed by atoms with van der Waals surface area (Å²) in [6.07, 6.45) is 10.4. The summed E-state index contributed by atoms with van der Waals surface area (Å²) in [6, 6.07) is 4.72. The summed E-state index contributed by atoms with van der Waals surface area (Å²) < 4.78 is 0. The van der Waals surface area contributed by atoms with Crippen LogP contribution < -0.4 is 0 Å². The van der Waals surface area contributed by atoms with Crippen molar-refractivity contribution < 1.29 is 0 Å². The van der Waals surface area contributed by atoms with Crippen LogP contribution in [0.1, 0.15) is 80.3 Å². The molecule has 118 valence electrons. The summed E-state index contributed by atoms with van der Waals surface area (Å²) >= 11 is 6.08. The highest BCUT2D eigenvalue weighted by Gasteiger charge is 2.35. The zero-order valence-corrected chi connectivity index (χ0v) is 16.1. The molecule has 2 heteroatoms. The minimum absolute atomic E-state index is 0.288. The van der Waals surface area contributed by atoms with Crippen LogP contribution in [-0.4, -0.2) is 0 Å². The molecule has 4 unspecified atom stereocenters. The average molecular weight is 369 g/mol. The SMILES string of the molecule is CC(C)(C)c1ccc(C(Br)C2CCC3CCCCC3C2)s1. The summed E-state index contributed by atoms with van der Waals surface area (Å²) in [6.45, 7) is 6.96. The summed E-state index contributed by atoms with van der Waals surface area (Å²) in [7, 11) is 0. The lowest BCUT2D eigenvalue weighted by molar-refractivity contribution is 0.129. The van der Waals surface area contributed by atoms with Gasteiger partial charge in [-0.25, -0.2) is 0 Å². The van der Waals surface area contributed by atoms with E-state index < -0.39 is 0 Å². The van der Waals surface area contributed by atoms with Crippen molar-refractivity contribution in [1.29, 1.82) is 0 Å². The molecule has 0 saturated heterocycles. The van der Waals surface area contributed by atoms with E-state index in [1.165, 1.54) is 49.8 Å². The molecule has 2 saturated carbocycles. The Morgan fingerprint density at radius 2 is 1.76 bits per heavy atom. The quantitative estimate of drug-likeness (QED) is 0.488. The number of halogens is 1. The van der Waals surface area contributed by atoms with Crippen LogP contribution in [0, 0.1) is 17.8 Å². The molecule has 1 aromatic heterocycles. The molecule has 0 aliphatic heterocycles. The monoisotopic (exact) mass is 368 g/mol. The summed E-state index contributed by atoms with van der Waals surface area (Å²) in [5.41, 5.74) is 0.288. The van der Waals surface area contributed by atoms with Crippen LogP contribution in [0.25, 0.3) is 0 Å². The van der Waals surface area contributed by atoms with E-state index in [0.717, 1.165) is 17.8 Å². The lowest BCUT2D eigenvalue weighted by Gasteiger charge is -2.40. The second-order valence-electron chi connectivity index (χ2n) is 8.23. The molecule has 4 atom stereocenters. The molecular formula is C19H29BrS. The molecule has 3 rings (SSSR count). The van der Waals surface area contributed by atoms with Gasteiger partial charge in [-0.15, -0.1) is 11.3 Å². The Hall–Kier alpha value is 0.180. The first-order chi connectivity index (χ1) is 9.95. The van der Waals surface area contributed by atoms with Crippen molar-refractivity contribution in [3.63, 3.8) is 0 Å². The fourth-order valence-corrected chi connectivity index (χ4v) is 6.36. The number of fused-ring (bicyclic) bond motifs is 1. The first-order valence-electron chi connectivity index (χ1n) is 8.69. The number of rotatable bonds is 2. The number of hydrogen-bond acceptors (Lipinski definition) is 1. The third-order valence-electron chi connectivity index (χ3n) is 5.63. The zero-order valence-electron chi connectivity index (χ0n) is 13.7. The minimum Gasteiger partial charge on any atom is -0.144 e. The predicted octanol–water partition coefficient (Wildman–Crippen LogP) is 7.09. The van der Waals surface area contributed by atoms with Gasteiger partial charge in [0.15, 0.2) is 0 Å². The number of hydrogen-bond donors (Lipinski definition) is 0. The maximum atomic E-state index is 4.05. The lowest BCUT2D eigenvalue weighted by atomic mass is 9.67. The van der Waals surface area contributed by atoms with Crippen LogP contribution in [0.15, 0.2) is 12.1 Å². The van der Waals surface area contributed by atoms with Crippen LogP contribution in [-0.2, 0) is 5.41 Å². The van der Waals surface area contributed by atoms with Gasteiger partial charge >= 0.3 is 0 Å². The molecule has 2 aliphatic carbocycles. The molecule has 0 radical (unpaired) electrons. The lowest BCUT2D eigenvalue weighted by Crippen LogP contribution is -2.29. The molecule has 2 fully saturated rings. The Kier molecular flexibility index (Phi) is 4.86. The Balaban J connectivity index is 1.67. The molecule has 1 heterocycles. The van der Waals surface area contributed by atoms with E-state index in [4.69, 9.17) is 0 Å². The summed E-state index contributed by atoms with van der Waals surface area (Å²) in [4.78, 5) is 3.66. The van der Waals surface area contributed by atoms with E-state index in [2.05, 4.69) is 48.8 Å². The molecule has 0 N–H and O–H groups in total. The van der Waals surface area contributed by atoms with Gasteiger partial charge in [-0.05, 0) is 54.6 Å². The number of alkyl halides is 1. The van der Waals surface area contributed by atoms with Gasteiger partial charge in [-0.2, -0.15) is 0 Å². The van der Waals surface area contributed by atoms with Gasteiger partial charge in [-0.1, -0.05) is 62.4 Å². The van der Waals surface area contributed by atoms with E-state index in [1.54, 1.807) is 4.88 Å². The molecular weight excluding hydrogens is 340 g/mol. The normalized spacial score (nSPS) is 31.7. The highest BCUT2D eigenvalue weighted by molar-refractivity contribution is 9.09. The van der Waals surface area contributed by atoms with Crippen molar-refractivity contribution in [2.75, 3.05) is 0 Å². The van der Waals surface area contributed by atoms with Crippen LogP contribution in [0.5, 0.6) is 0 Å². The molecule has 0 aromatic carbocycles. The van der Waals surface area contributed by atoms with Crippen molar-refractivity contribution >= 4 is 27.3 Å². The second-order valence-corrected chi connectivity index (χ2v) is 10.3. The average Bonchev–Trinajstić information content (AvgIpc) is 2.96. The van der Waals surface area contributed by atoms with E-state index >= 15 is 0 Å². The van der Waals surface area contributed by atoms with Gasteiger partial charge in [0.2, 0.25) is 0 Å². The zero-order chi connectivity index (χ0) is 15.0. The molecule has 21 heavy (non-hydrogen) atoms. The fourth-order valence-electron chi connectivity index (χ4n) is 4.31. The molecule has 0 spiro atoms. The largest absolute Gasteiger partial charge is 0.144 e. The number of thiophene rings is 1. The Morgan fingerprint density at radius 3 is 2.43 bits per heavy atom. The van der Waals surface area contributed by atoms with E-state index in [0.29, 0.717) is 4.83 Å². The second kappa shape index (κ2) is 6.35. The third-order valence-corrected chi connectivity index (χ3v) is 8.77. The van der Waals surface area contributed by atoms with Gasteiger partial charge < -0.3 is 0 Å². The van der Waals surface area contributed by atoms with Crippen molar-refractivity contribution in [2.24, 2.45) is 17.8 Å². The molecule has 0 bridgehead atoms. The van der Waals surface area contributed by atoms with E-state index in [-0.39, 0.29) is 5.41 Å². The van der Waals surface area contributed by atoms with E-state index in [1.807, 2.05) is 11.3 Å². The van der Waals surface area contributed by atoms with Crippen molar-refractivity contribution in [1.82, 2.24) is 0 Å². The third kappa shape index (κ3) is 3.58. The molecule has 2 aliphatic rings. The maximum absolute atomic E-state index is 4.05. The van der Waals surface area contributed by atoms with Crippen LogP contribution in [0.2, 0.25) is 0 Å². The van der Waals surface area contributed by atoms with Gasteiger partial charge in [0.1, 0.15) is 0 Å². The fraction of sp³-hybridized carbons (Fsp3) is 0.789. The van der Waals surface area contributed by atoms with Crippen LogP contribution in [0.4, 0.5) is 0 Å². The topological polar surface area (TPSA) is 0 Å². The first kappa shape index (κ1) is 16.1. The molecule has 0 amide bonds. The van der Waals surface area contributed by atoms with Gasteiger partial charge in [0.05, 0.1) is 4.83 Å². The van der Waals surface area contributed by atoms with Crippen molar-refractivity contribution in [2.45, 2.75) is 76.0 Å². The predicted molar refractivity (Wildman–Crippen MR) is 97.5 cm³/mol. The maximum Gasteiger partial charge on any atom is 0.0517 e. The van der Waals surface area contributed by atoms with Crippen LogP contribution in [0.3, 0.4) is 0 Å². The van der Waals surface area contributed by atoms with E-state index in [9.17, 15) is 0 Å². The highest BCUT2D eigenvalue weighted by atomic mass is 79.9. The van der Waals surface area contributed by atoms with Gasteiger partial charge in [-0.3, -0.25) is 0 Å². The first-order valence-corrected chi connectivity index (χ1v) is 10.4. The molecule has 0 nitrogen and oxygen atoms in total. The van der Waals surface area contributed by atoms with Gasteiger partial charge in [0, 0.05) is 9.75 Å². The minimum atomic E-state index is 0.288.